The maximum Gasteiger partial charge on any atom is 0.131 e. The lowest BCUT2D eigenvalue weighted by molar-refractivity contribution is 0.123. The van der Waals surface area contributed by atoms with Crippen molar-refractivity contribution >= 4 is 23.0 Å². The zero-order valence-electron chi connectivity index (χ0n) is 23.8. The molecule has 6 nitrogen and oxygen atoms in total. The summed E-state index contributed by atoms with van der Waals surface area (Å²) in [6.07, 6.45) is 3.96. The van der Waals surface area contributed by atoms with E-state index in [1.807, 2.05) is 30.3 Å². The van der Waals surface area contributed by atoms with Crippen molar-refractivity contribution in [1.82, 2.24) is 10.2 Å². The number of aliphatic hydroxyl groups is 1. The Kier molecular flexibility index (Phi) is 9.53. The third-order valence-corrected chi connectivity index (χ3v) is 8.85. The number of nitrogens with one attached hydrogen (secondary N) is 1. The SMILES string of the molecule is CCN(CC)c1ccc(C(c2cccc(C(O)NC3CCCC3)c2)N2CCN(c3ccc(Cl)cc3)CC2)c(O)c1. The third kappa shape index (κ3) is 6.58. The molecule has 214 valence electrons. The van der Waals surface area contributed by atoms with Crippen molar-refractivity contribution in [2.45, 2.75) is 57.8 Å². The van der Waals surface area contributed by atoms with Crippen LogP contribution < -0.4 is 15.1 Å². The highest BCUT2D eigenvalue weighted by molar-refractivity contribution is 6.30. The zero-order valence-corrected chi connectivity index (χ0v) is 24.5. The minimum Gasteiger partial charge on any atom is -0.508 e. The molecule has 2 aliphatic rings. The van der Waals surface area contributed by atoms with Gasteiger partial charge in [-0.05, 0) is 74.2 Å². The quantitative estimate of drug-likeness (QED) is 0.251. The molecular formula is C33H43ClN4O2. The number of aromatic hydroxyl groups is 1. The molecule has 1 saturated heterocycles. The van der Waals surface area contributed by atoms with E-state index in [0.717, 1.165) is 79.5 Å². The second kappa shape index (κ2) is 13.3. The minimum atomic E-state index is -0.705. The molecule has 2 atom stereocenters. The predicted molar refractivity (Wildman–Crippen MR) is 166 cm³/mol. The first-order valence-electron chi connectivity index (χ1n) is 14.8. The van der Waals surface area contributed by atoms with Crippen LogP contribution in [0.2, 0.25) is 5.02 Å². The molecule has 0 bridgehead atoms. The molecule has 0 aromatic heterocycles. The van der Waals surface area contributed by atoms with Gasteiger partial charge in [0.2, 0.25) is 0 Å². The Morgan fingerprint density at radius 3 is 2.23 bits per heavy atom. The van der Waals surface area contributed by atoms with E-state index >= 15 is 0 Å². The van der Waals surface area contributed by atoms with E-state index in [-0.39, 0.29) is 6.04 Å². The summed E-state index contributed by atoms with van der Waals surface area (Å²) >= 11 is 6.12. The number of hydrogen-bond acceptors (Lipinski definition) is 6. The van der Waals surface area contributed by atoms with Crippen LogP contribution >= 0.6 is 11.6 Å². The van der Waals surface area contributed by atoms with Crippen LogP contribution in [0.4, 0.5) is 11.4 Å². The summed E-state index contributed by atoms with van der Waals surface area (Å²) in [4.78, 5) is 7.09. The van der Waals surface area contributed by atoms with Gasteiger partial charge in [-0.25, -0.2) is 0 Å². The van der Waals surface area contributed by atoms with Crippen molar-refractivity contribution in [2.24, 2.45) is 0 Å². The Hall–Kier alpha value is -2.77. The summed E-state index contributed by atoms with van der Waals surface area (Å²) in [7, 11) is 0. The van der Waals surface area contributed by atoms with Gasteiger partial charge >= 0.3 is 0 Å². The van der Waals surface area contributed by atoms with Gasteiger partial charge in [-0.1, -0.05) is 48.7 Å². The van der Waals surface area contributed by atoms with Crippen LogP contribution in [0.25, 0.3) is 0 Å². The fraction of sp³-hybridized carbons (Fsp3) is 0.455. The fourth-order valence-electron chi connectivity index (χ4n) is 6.34. The van der Waals surface area contributed by atoms with Crippen molar-refractivity contribution in [3.8, 4) is 5.75 Å². The molecule has 7 heteroatoms. The third-order valence-electron chi connectivity index (χ3n) is 8.60. The van der Waals surface area contributed by atoms with Crippen LogP contribution in [0.5, 0.6) is 5.75 Å². The van der Waals surface area contributed by atoms with Gasteiger partial charge in [-0.3, -0.25) is 10.2 Å². The summed E-state index contributed by atoms with van der Waals surface area (Å²) < 4.78 is 0. The van der Waals surface area contributed by atoms with Crippen LogP contribution in [0.3, 0.4) is 0 Å². The lowest BCUT2D eigenvalue weighted by Crippen LogP contribution is -2.48. The second-order valence-electron chi connectivity index (χ2n) is 11.0. The van der Waals surface area contributed by atoms with Crippen molar-refractivity contribution in [1.29, 1.82) is 0 Å². The summed E-state index contributed by atoms with van der Waals surface area (Å²) in [5, 5.41) is 26.6. The molecular weight excluding hydrogens is 520 g/mol. The van der Waals surface area contributed by atoms with Gasteiger partial charge in [-0.2, -0.15) is 0 Å². The second-order valence-corrected chi connectivity index (χ2v) is 11.5. The molecule has 0 spiro atoms. The standard InChI is InChI=1S/C33H43ClN4O2/c1-3-36(4-2)29-16-17-30(31(39)23-29)32(38-20-18-37(19-21-38)28-14-12-26(34)13-15-28)24-8-7-9-25(22-24)33(40)35-27-10-5-6-11-27/h7-9,12-17,22-23,27,32-33,35,39-40H,3-6,10-11,18-21H2,1-2H3. The zero-order chi connectivity index (χ0) is 28.1. The topological polar surface area (TPSA) is 62.2 Å². The van der Waals surface area contributed by atoms with E-state index in [1.165, 1.54) is 18.5 Å². The van der Waals surface area contributed by atoms with Crippen molar-refractivity contribution in [3.05, 3.63) is 88.4 Å². The Balaban J connectivity index is 1.43. The number of aliphatic hydroxyl groups excluding tert-OH is 1. The number of anilines is 2. The normalized spacial score (nSPS) is 18.1. The number of rotatable bonds is 10. The average Bonchev–Trinajstić information content (AvgIpc) is 3.49. The Morgan fingerprint density at radius 2 is 1.57 bits per heavy atom. The van der Waals surface area contributed by atoms with Crippen LogP contribution in [-0.4, -0.2) is 60.4 Å². The van der Waals surface area contributed by atoms with E-state index in [4.69, 9.17) is 11.6 Å². The Morgan fingerprint density at radius 1 is 0.900 bits per heavy atom. The van der Waals surface area contributed by atoms with Gasteiger partial charge < -0.3 is 20.0 Å². The molecule has 1 heterocycles. The van der Waals surface area contributed by atoms with Crippen molar-refractivity contribution < 1.29 is 10.2 Å². The Labute approximate surface area is 244 Å². The summed E-state index contributed by atoms with van der Waals surface area (Å²) in [6, 6.07) is 22.7. The van der Waals surface area contributed by atoms with Crippen molar-refractivity contribution in [3.63, 3.8) is 0 Å². The summed E-state index contributed by atoms with van der Waals surface area (Å²) in [5.41, 5.74) is 5.05. The molecule has 3 aromatic rings. The number of halogens is 1. The van der Waals surface area contributed by atoms with Crippen LogP contribution in [0.1, 0.15) is 68.5 Å². The highest BCUT2D eigenvalue weighted by atomic mass is 35.5. The summed E-state index contributed by atoms with van der Waals surface area (Å²) in [6.45, 7) is 9.49. The monoisotopic (exact) mass is 562 g/mol. The number of benzene rings is 3. The van der Waals surface area contributed by atoms with Gasteiger partial charge in [0.15, 0.2) is 0 Å². The minimum absolute atomic E-state index is 0.128. The lowest BCUT2D eigenvalue weighted by Gasteiger charge is -2.41. The molecule has 1 aliphatic heterocycles. The maximum atomic E-state index is 11.4. The molecule has 3 aromatic carbocycles. The number of phenols is 1. The van der Waals surface area contributed by atoms with Gasteiger partial charge in [-0.15, -0.1) is 0 Å². The molecule has 40 heavy (non-hydrogen) atoms. The molecule has 5 rings (SSSR count). The fourth-order valence-corrected chi connectivity index (χ4v) is 6.46. The summed E-state index contributed by atoms with van der Waals surface area (Å²) in [5.74, 6) is 0.310. The molecule has 0 radical (unpaired) electrons. The van der Waals surface area contributed by atoms with Gasteiger partial charge in [0.05, 0.1) is 6.04 Å². The van der Waals surface area contributed by atoms with Gasteiger partial charge in [0.1, 0.15) is 12.0 Å². The van der Waals surface area contributed by atoms with Gasteiger partial charge in [0, 0.05) is 73.3 Å². The first kappa shape index (κ1) is 28.7. The number of phenolic OH excluding ortho intramolecular Hbond substituents is 1. The van der Waals surface area contributed by atoms with Crippen LogP contribution in [0.15, 0.2) is 66.7 Å². The van der Waals surface area contributed by atoms with Gasteiger partial charge in [0.25, 0.3) is 0 Å². The van der Waals surface area contributed by atoms with Crippen LogP contribution in [0, 0.1) is 0 Å². The van der Waals surface area contributed by atoms with Crippen molar-refractivity contribution in [2.75, 3.05) is 49.1 Å². The number of hydrogen-bond donors (Lipinski definition) is 3. The van der Waals surface area contributed by atoms with E-state index in [1.54, 1.807) is 0 Å². The molecule has 1 saturated carbocycles. The van der Waals surface area contributed by atoms with E-state index in [9.17, 15) is 10.2 Å². The average molecular weight is 563 g/mol. The first-order valence-corrected chi connectivity index (χ1v) is 15.2. The number of nitrogens with zero attached hydrogens (tertiary/aromatic N) is 3. The van der Waals surface area contributed by atoms with Crippen LogP contribution in [-0.2, 0) is 0 Å². The lowest BCUT2D eigenvalue weighted by atomic mass is 9.93. The Bertz CT molecular complexity index is 1240. The molecule has 2 fully saturated rings. The molecule has 2 unspecified atom stereocenters. The van der Waals surface area contributed by atoms with E-state index in [2.05, 4.69) is 70.3 Å². The van der Waals surface area contributed by atoms with E-state index in [0.29, 0.717) is 11.8 Å². The predicted octanol–water partition coefficient (Wildman–Crippen LogP) is 6.33. The molecule has 0 amide bonds. The smallest absolute Gasteiger partial charge is 0.131 e. The largest absolute Gasteiger partial charge is 0.508 e. The number of piperazine rings is 1. The maximum absolute atomic E-state index is 11.4. The molecule has 1 aliphatic carbocycles. The molecule has 3 N–H and O–H groups in total. The van der Waals surface area contributed by atoms with E-state index < -0.39 is 6.23 Å². The highest BCUT2D eigenvalue weighted by Gasteiger charge is 2.29. The first-order chi connectivity index (χ1) is 19.5. The highest BCUT2D eigenvalue weighted by Crippen LogP contribution is 2.38.